The average Bonchev–Trinajstić information content (AvgIpc) is 2.54. The normalized spacial score (nSPS) is 30.0. The molecule has 1 fully saturated rings. The molecule has 20 heavy (non-hydrogen) atoms. The Morgan fingerprint density at radius 1 is 1.25 bits per heavy atom. The van der Waals surface area contributed by atoms with Gasteiger partial charge in [0.15, 0.2) is 0 Å². The van der Waals surface area contributed by atoms with Gasteiger partial charge in [-0.05, 0) is 56.0 Å². The van der Waals surface area contributed by atoms with Gasteiger partial charge in [-0.25, -0.2) is 9.97 Å². The standard InChI is InChI=1S/C17H27N3/c1-2-12-4-3-5-14(8-12)17-19-11-15-9-13(10-18)6-7-16(15)20-17/h11-14H,2-10,18H2,1H3. The fraction of sp³-hybridized carbons (Fsp3) is 0.765. The molecule has 3 rings (SSSR count). The van der Waals surface area contributed by atoms with Crippen LogP contribution in [0.15, 0.2) is 6.20 Å². The zero-order valence-corrected chi connectivity index (χ0v) is 12.6. The van der Waals surface area contributed by atoms with Crippen LogP contribution in [-0.2, 0) is 12.8 Å². The second-order valence-electron chi connectivity index (χ2n) is 6.68. The molecular formula is C17H27N3. The quantitative estimate of drug-likeness (QED) is 0.920. The lowest BCUT2D eigenvalue weighted by molar-refractivity contribution is 0.306. The summed E-state index contributed by atoms with van der Waals surface area (Å²) in [5.74, 6) is 3.24. The Hall–Kier alpha value is -0.960. The second kappa shape index (κ2) is 6.21. The maximum Gasteiger partial charge on any atom is 0.131 e. The van der Waals surface area contributed by atoms with Gasteiger partial charge in [0.25, 0.3) is 0 Å². The summed E-state index contributed by atoms with van der Waals surface area (Å²) >= 11 is 0. The number of nitrogens with two attached hydrogens (primary N) is 1. The first kappa shape index (κ1) is 14.0. The molecule has 0 spiro atoms. The molecule has 0 bridgehead atoms. The lowest BCUT2D eigenvalue weighted by Crippen LogP contribution is -2.24. The third-order valence-electron chi connectivity index (χ3n) is 5.33. The summed E-state index contributed by atoms with van der Waals surface area (Å²) < 4.78 is 0. The van der Waals surface area contributed by atoms with Crippen molar-refractivity contribution in [1.29, 1.82) is 0 Å². The van der Waals surface area contributed by atoms with Crippen LogP contribution in [0.2, 0.25) is 0 Å². The first-order valence-corrected chi connectivity index (χ1v) is 8.34. The largest absolute Gasteiger partial charge is 0.330 e. The summed E-state index contributed by atoms with van der Waals surface area (Å²) in [5, 5.41) is 0. The van der Waals surface area contributed by atoms with Crippen LogP contribution in [0.25, 0.3) is 0 Å². The number of aromatic nitrogens is 2. The minimum absolute atomic E-state index is 0.603. The minimum Gasteiger partial charge on any atom is -0.330 e. The van der Waals surface area contributed by atoms with E-state index < -0.39 is 0 Å². The molecular weight excluding hydrogens is 246 g/mol. The molecule has 1 aromatic rings. The van der Waals surface area contributed by atoms with Crippen molar-refractivity contribution in [2.75, 3.05) is 6.54 Å². The monoisotopic (exact) mass is 273 g/mol. The van der Waals surface area contributed by atoms with Gasteiger partial charge in [0, 0.05) is 17.8 Å². The van der Waals surface area contributed by atoms with Crippen LogP contribution in [0.5, 0.6) is 0 Å². The van der Waals surface area contributed by atoms with E-state index in [0.717, 1.165) is 31.1 Å². The lowest BCUT2D eigenvalue weighted by atomic mass is 9.79. The van der Waals surface area contributed by atoms with Gasteiger partial charge in [-0.2, -0.15) is 0 Å². The van der Waals surface area contributed by atoms with Crippen LogP contribution in [0, 0.1) is 11.8 Å². The van der Waals surface area contributed by atoms with E-state index in [-0.39, 0.29) is 0 Å². The van der Waals surface area contributed by atoms with Crippen molar-refractivity contribution in [3.05, 3.63) is 23.3 Å². The zero-order valence-electron chi connectivity index (χ0n) is 12.6. The molecule has 3 nitrogen and oxygen atoms in total. The van der Waals surface area contributed by atoms with Crippen molar-refractivity contribution in [1.82, 2.24) is 9.97 Å². The molecule has 0 saturated heterocycles. The van der Waals surface area contributed by atoms with E-state index in [2.05, 4.69) is 13.1 Å². The van der Waals surface area contributed by atoms with Crippen molar-refractivity contribution in [2.24, 2.45) is 17.6 Å². The first-order valence-electron chi connectivity index (χ1n) is 8.34. The molecule has 0 aromatic carbocycles. The summed E-state index contributed by atoms with van der Waals surface area (Å²) in [6.07, 6.45) is 12.1. The molecule has 3 heteroatoms. The van der Waals surface area contributed by atoms with E-state index in [1.54, 1.807) is 0 Å². The molecule has 2 N–H and O–H groups in total. The SMILES string of the molecule is CCC1CCCC(c2ncc3c(n2)CCC(CN)C3)C1. The van der Waals surface area contributed by atoms with Gasteiger partial charge in [0.1, 0.15) is 5.82 Å². The van der Waals surface area contributed by atoms with Gasteiger partial charge >= 0.3 is 0 Å². The molecule has 1 heterocycles. The average molecular weight is 273 g/mol. The predicted molar refractivity (Wildman–Crippen MR) is 81.6 cm³/mol. The van der Waals surface area contributed by atoms with Crippen LogP contribution < -0.4 is 5.73 Å². The van der Waals surface area contributed by atoms with E-state index in [9.17, 15) is 0 Å². The van der Waals surface area contributed by atoms with Gasteiger partial charge in [-0.15, -0.1) is 0 Å². The Morgan fingerprint density at radius 3 is 2.95 bits per heavy atom. The first-order chi connectivity index (χ1) is 9.80. The number of hydrogen-bond donors (Lipinski definition) is 1. The molecule has 0 radical (unpaired) electrons. The molecule has 3 atom stereocenters. The number of nitrogens with zero attached hydrogens (tertiary/aromatic N) is 2. The highest BCUT2D eigenvalue weighted by Crippen LogP contribution is 2.36. The summed E-state index contributed by atoms with van der Waals surface area (Å²) in [7, 11) is 0. The fourth-order valence-corrected chi connectivity index (χ4v) is 3.89. The van der Waals surface area contributed by atoms with Crippen LogP contribution in [-0.4, -0.2) is 16.5 Å². The third kappa shape index (κ3) is 2.88. The Balaban J connectivity index is 1.75. The maximum absolute atomic E-state index is 5.80. The number of aryl methyl sites for hydroxylation is 1. The second-order valence-corrected chi connectivity index (χ2v) is 6.68. The summed E-state index contributed by atoms with van der Waals surface area (Å²) in [6.45, 7) is 3.11. The van der Waals surface area contributed by atoms with Gasteiger partial charge < -0.3 is 5.73 Å². The third-order valence-corrected chi connectivity index (χ3v) is 5.33. The van der Waals surface area contributed by atoms with Gasteiger partial charge in [0.05, 0.1) is 0 Å². The van der Waals surface area contributed by atoms with Crippen LogP contribution in [0.3, 0.4) is 0 Å². The Kier molecular flexibility index (Phi) is 4.35. The number of fused-ring (bicyclic) bond motifs is 1. The molecule has 3 unspecified atom stereocenters. The summed E-state index contributed by atoms with van der Waals surface area (Å²) in [5.41, 5.74) is 8.45. The van der Waals surface area contributed by atoms with Crippen LogP contribution in [0.1, 0.15) is 68.4 Å². The molecule has 0 amide bonds. The van der Waals surface area contributed by atoms with Crippen molar-refractivity contribution < 1.29 is 0 Å². The van der Waals surface area contributed by atoms with Gasteiger partial charge in [0.2, 0.25) is 0 Å². The Labute approximate surface area is 122 Å². The molecule has 0 aliphatic heterocycles. The van der Waals surface area contributed by atoms with Crippen LogP contribution in [0.4, 0.5) is 0 Å². The molecule has 2 aliphatic rings. The smallest absolute Gasteiger partial charge is 0.131 e. The van der Waals surface area contributed by atoms with E-state index in [4.69, 9.17) is 15.7 Å². The molecule has 2 aliphatic carbocycles. The molecule has 1 aromatic heterocycles. The highest BCUT2D eigenvalue weighted by Gasteiger charge is 2.26. The number of hydrogen-bond acceptors (Lipinski definition) is 3. The highest BCUT2D eigenvalue weighted by atomic mass is 14.9. The maximum atomic E-state index is 5.80. The number of rotatable bonds is 3. The lowest BCUT2D eigenvalue weighted by Gasteiger charge is -2.28. The topological polar surface area (TPSA) is 51.8 Å². The molecule has 110 valence electrons. The zero-order chi connectivity index (χ0) is 13.9. The van der Waals surface area contributed by atoms with Crippen molar-refractivity contribution in [2.45, 2.75) is 64.2 Å². The Morgan fingerprint density at radius 2 is 2.15 bits per heavy atom. The summed E-state index contributed by atoms with van der Waals surface area (Å²) in [6, 6.07) is 0. The molecule has 1 saturated carbocycles. The van der Waals surface area contributed by atoms with E-state index in [0.29, 0.717) is 11.8 Å². The minimum atomic E-state index is 0.603. The van der Waals surface area contributed by atoms with Gasteiger partial charge in [-0.3, -0.25) is 0 Å². The highest BCUT2D eigenvalue weighted by molar-refractivity contribution is 5.22. The van der Waals surface area contributed by atoms with E-state index in [1.165, 1.54) is 49.8 Å². The van der Waals surface area contributed by atoms with Crippen molar-refractivity contribution in [3.63, 3.8) is 0 Å². The fourth-order valence-electron chi connectivity index (χ4n) is 3.89. The van der Waals surface area contributed by atoms with E-state index in [1.807, 2.05) is 0 Å². The predicted octanol–water partition coefficient (Wildman–Crippen LogP) is 3.22. The van der Waals surface area contributed by atoms with Crippen molar-refractivity contribution in [3.8, 4) is 0 Å². The van der Waals surface area contributed by atoms with E-state index >= 15 is 0 Å². The van der Waals surface area contributed by atoms with Crippen molar-refractivity contribution >= 4 is 0 Å². The Bertz CT molecular complexity index is 458. The van der Waals surface area contributed by atoms with Gasteiger partial charge in [-0.1, -0.05) is 26.2 Å². The van der Waals surface area contributed by atoms with Crippen LogP contribution >= 0.6 is 0 Å². The summed E-state index contributed by atoms with van der Waals surface area (Å²) in [4.78, 5) is 9.62.